The van der Waals surface area contributed by atoms with E-state index in [2.05, 4.69) is 31.2 Å². The minimum Gasteiger partial charge on any atom is -0.419 e. The number of aromatic nitrogens is 4. The Hall–Kier alpha value is -1.37. The fourth-order valence-corrected chi connectivity index (χ4v) is 2.82. The molecule has 0 aliphatic carbocycles. The minimum atomic E-state index is 0.359. The summed E-state index contributed by atoms with van der Waals surface area (Å²) in [5.74, 6) is 0.816. The molecule has 0 bridgehead atoms. The third kappa shape index (κ3) is 2.91. The van der Waals surface area contributed by atoms with Crippen LogP contribution in [-0.4, -0.2) is 20.0 Å². The van der Waals surface area contributed by atoms with Crippen LogP contribution in [0.2, 0.25) is 10.0 Å². The fourth-order valence-electron chi connectivity index (χ4n) is 2.05. The topological polar surface area (TPSA) is 56.7 Å². The Balaban J connectivity index is 1.89. The molecule has 0 unspecified atom stereocenters. The Kier molecular flexibility index (Phi) is 4.25. The zero-order valence-electron chi connectivity index (χ0n) is 11.8. The first-order valence-corrected chi connectivity index (χ1v) is 7.98. The maximum absolute atomic E-state index is 6.15. The first-order valence-electron chi connectivity index (χ1n) is 6.43. The lowest BCUT2D eigenvalue weighted by Gasteiger charge is -2.00. The summed E-state index contributed by atoms with van der Waals surface area (Å²) in [7, 11) is 0. The van der Waals surface area contributed by atoms with E-state index in [1.807, 2.05) is 13.8 Å². The van der Waals surface area contributed by atoms with Gasteiger partial charge in [0.15, 0.2) is 0 Å². The molecule has 0 saturated carbocycles. The van der Waals surface area contributed by atoms with E-state index in [0.29, 0.717) is 33.9 Å². The van der Waals surface area contributed by atoms with Gasteiger partial charge in [0.25, 0.3) is 0 Å². The highest BCUT2D eigenvalue weighted by molar-refractivity contribution is 9.10. The van der Waals surface area contributed by atoms with Gasteiger partial charge in [-0.05, 0) is 48.0 Å². The molecule has 0 atom stereocenters. The normalized spacial score (nSPS) is 11.1. The summed E-state index contributed by atoms with van der Waals surface area (Å²) in [6.45, 7) is 4.30. The average Bonchev–Trinajstić information content (AvgIpc) is 3.01. The molecule has 22 heavy (non-hydrogen) atoms. The van der Waals surface area contributed by atoms with Crippen LogP contribution in [0.1, 0.15) is 17.3 Å². The minimum absolute atomic E-state index is 0.359. The molecule has 114 valence electrons. The van der Waals surface area contributed by atoms with Gasteiger partial charge in [-0.25, -0.2) is 0 Å². The van der Waals surface area contributed by atoms with Crippen molar-refractivity contribution in [2.24, 2.45) is 0 Å². The quantitative estimate of drug-likeness (QED) is 0.639. The van der Waals surface area contributed by atoms with Crippen LogP contribution < -0.4 is 0 Å². The lowest BCUT2D eigenvalue weighted by molar-refractivity contribution is 0.469. The zero-order chi connectivity index (χ0) is 15.9. The van der Waals surface area contributed by atoms with Gasteiger partial charge in [0, 0.05) is 5.02 Å². The standard InChI is InChI=1S/C14H11BrCl2N4O/c1-7-13(15)8(2)21(20-7)6-12-18-19-14(22-12)10-4-3-9(16)5-11(10)17/h3-5H,6H2,1-2H3. The highest BCUT2D eigenvalue weighted by Gasteiger charge is 2.15. The summed E-state index contributed by atoms with van der Waals surface area (Å²) in [5.41, 5.74) is 2.57. The molecule has 0 amide bonds. The van der Waals surface area contributed by atoms with Crippen molar-refractivity contribution in [3.05, 3.63) is 50.0 Å². The maximum Gasteiger partial charge on any atom is 0.249 e. The summed E-state index contributed by atoms with van der Waals surface area (Å²) < 4.78 is 8.46. The molecule has 0 saturated heterocycles. The first-order chi connectivity index (χ1) is 10.5. The number of aryl methyl sites for hydroxylation is 1. The molecule has 0 radical (unpaired) electrons. The van der Waals surface area contributed by atoms with E-state index in [4.69, 9.17) is 27.6 Å². The molecule has 0 aliphatic rings. The third-order valence-corrected chi connectivity index (χ3v) is 4.90. The van der Waals surface area contributed by atoms with Gasteiger partial charge in [0.1, 0.15) is 6.54 Å². The van der Waals surface area contributed by atoms with Crippen LogP contribution in [0.4, 0.5) is 0 Å². The monoisotopic (exact) mass is 400 g/mol. The van der Waals surface area contributed by atoms with E-state index < -0.39 is 0 Å². The number of halogens is 3. The van der Waals surface area contributed by atoms with Gasteiger partial charge in [0.05, 0.1) is 26.4 Å². The maximum atomic E-state index is 6.15. The summed E-state index contributed by atoms with van der Waals surface area (Å²) in [6.07, 6.45) is 0. The third-order valence-electron chi connectivity index (χ3n) is 3.21. The van der Waals surface area contributed by atoms with Crippen LogP contribution in [0, 0.1) is 13.8 Å². The molecule has 0 aliphatic heterocycles. The number of nitrogens with zero attached hydrogens (tertiary/aromatic N) is 4. The van der Waals surface area contributed by atoms with E-state index in [9.17, 15) is 0 Å². The van der Waals surface area contributed by atoms with Gasteiger partial charge >= 0.3 is 0 Å². The second kappa shape index (κ2) is 6.02. The smallest absolute Gasteiger partial charge is 0.249 e. The van der Waals surface area contributed by atoms with Crippen molar-refractivity contribution in [3.63, 3.8) is 0 Å². The van der Waals surface area contributed by atoms with Gasteiger partial charge in [-0.2, -0.15) is 5.10 Å². The van der Waals surface area contributed by atoms with Crippen LogP contribution in [0.5, 0.6) is 0 Å². The number of benzene rings is 1. The molecular weight excluding hydrogens is 391 g/mol. The predicted octanol–water partition coefficient (Wildman–Crippen LogP) is 4.67. The van der Waals surface area contributed by atoms with E-state index >= 15 is 0 Å². The molecule has 8 heteroatoms. The Morgan fingerprint density at radius 1 is 1.23 bits per heavy atom. The van der Waals surface area contributed by atoms with Crippen LogP contribution in [0.25, 0.3) is 11.5 Å². The van der Waals surface area contributed by atoms with E-state index in [-0.39, 0.29) is 0 Å². The molecule has 0 spiro atoms. The van der Waals surface area contributed by atoms with Gasteiger partial charge < -0.3 is 4.42 Å². The summed E-state index contributed by atoms with van der Waals surface area (Å²) in [6, 6.07) is 5.12. The van der Waals surface area contributed by atoms with Crippen LogP contribution in [0.3, 0.4) is 0 Å². The largest absolute Gasteiger partial charge is 0.419 e. The predicted molar refractivity (Wildman–Crippen MR) is 88.3 cm³/mol. The van der Waals surface area contributed by atoms with Crippen molar-refractivity contribution < 1.29 is 4.42 Å². The average molecular weight is 402 g/mol. The van der Waals surface area contributed by atoms with Crippen molar-refractivity contribution in [2.75, 3.05) is 0 Å². The van der Waals surface area contributed by atoms with E-state index in [1.54, 1.807) is 22.9 Å². The van der Waals surface area contributed by atoms with Crippen molar-refractivity contribution in [2.45, 2.75) is 20.4 Å². The molecule has 2 heterocycles. The number of rotatable bonds is 3. The summed E-state index contributed by atoms with van der Waals surface area (Å²) >= 11 is 15.5. The molecule has 1 aromatic carbocycles. The Bertz CT molecular complexity index is 843. The SMILES string of the molecule is Cc1nn(Cc2nnc(-c3ccc(Cl)cc3Cl)o2)c(C)c1Br. The zero-order valence-corrected chi connectivity index (χ0v) is 14.9. The van der Waals surface area contributed by atoms with Gasteiger partial charge in [0.2, 0.25) is 11.8 Å². The van der Waals surface area contributed by atoms with Crippen molar-refractivity contribution >= 4 is 39.1 Å². The Morgan fingerprint density at radius 3 is 2.64 bits per heavy atom. The number of hydrogen-bond donors (Lipinski definition) is 0. The van der Waals surface area contributed by atoms with E-state index in [1.165, 1.54) is 0 Å². The van der Waals surface area contributed by atoms with Crippen LogP contribution in [0.15, 0.2) is 27.1 Å². The molecular formula is C14H11BrCl2N4O. The highest BCUT2D eigenvalue weighted by atomic mass is 79.9. The molecule has 0 N–H and O–H groups in total. The molecule has 2 aromatic heterocycles. The van der Waals surface area contributed by atoms with Gasteiger partial charge in [-0.3, -0.25) is 4.68 Å². The van der Waals surface area contributed by atoms with Crippen molar-refractivity contribution in [1.82, 2.24) is 20.0 Å². The van der Waals surface area contributed by atoms with Crippen LogP contribution >= 0.6 is 39.1 Å². The first kappa shape index (κ1) is 15.5. The lowest BCUT2D eigenvalue weighted by Crippen LogP contribution is -2.04. The van der Waals surface area contributed by atoms with Crippen LogP contribution in [-0.2, 0) is 6.54 Å². The van der Waals surface area contributed by atoms with E-state index in [0.717, 1.165) is 15.9 Å². The molecule has 0 fully saturated rings. The highest BCUT2D eigenvalue weighted by Crippen LogP contribution is 2.29. The second-order valence-electron chi connectivity index (χ2n) is 4.77. The molecule has 5 nitrogen and oxygen atoms in total. The van der Waals surface area contributed by atoms with Gasteiger partial charge in [-0.1, -0.05) is 23.2 Å². The fraction of sp³-hybridized carbons (Fsp3) is 0.214. The van der Waals surface area contributed by atoms with Crippen molar-refractivity contribution in [3.8, 4) is 11.5 Å². The summed E-state index contributed by atoms with van der Waals surface area (Å²) in [5, 5.41) is 13.5. The van der Waals surface area contributed by atoms with Crippen molar-refractivity contribution in [1.29, 1.82) is 0 Å². The molecule has 3 aromatic rings. The summed E-state index contributed by atoms with van der Waals surface area (Å²) in [4.78, 5) is 0. The molecule has 3 rings (SSSR count). The van der Waals surface area contributed by atoms with Gasteiger partial charge in [-0.15, -0.1) is 10.2 Å². The lowest BCUT2D eigenvalue weighted by atomic mass is 10.2. The number of hydrogen-bond acceptors (Lipinski definition) is 4. The Morgan fingerprint density at radius 2 is 2.00 bits per heavy atom. The Labute approximate surface area is 145 Å². The second-order valence-corrected chi connectivity index (χ2v) is 6.40.